The molecule has 0 saturated heterocycles. The summed E-state index contributed by atoms with van der Waals surface area (Å²) in [5.74, 6) is 0.250. The molecule has 0 bridgehead atoms. The lowest BCUT2D eigenvalue weighted by Crippen LogP contribution is -2.03. The standard InChI is InChI=1S/C16H14ClN3/c1-9(2)14-10(3)11(8-18)16-19-12-6-4-5-7-13(12)20(16)15(14)17/h4-7,9H,1-3H3. The van der Waals surface area contributed by atoms with E-state index >= 15 is 0 Å². The number of benzene rings is 1. The number of nitrogens with zero attached hydrogens (tertiary/aromatic N) is 3. The van der Waals surface area contributed by atoms with Gasteiger partial charge in [-0.2, -0.15) is 5.26 Å². The molecule has 0 amide bonds. The van der Waals surface area contributed by atoms with E-state index in [-0.39, 0.29) is 5.92 Å². The van der Waals surface area contributed by atoms with Crippen LogP contribution in [-0.2, 0) is 0 Å². The Morgan fingerprint density at radius 1 is 1.30 bits per heavy atom. The van der Waals surface area contributed by atoms with Gasteiger partial charge in [-0.3, -0.25) is 4.40 Å². The number of rotatable bonds is 1. The van der Waals surface area contributed by atoms with Crippen molar-refractivity contribution in [2.75, 3.05) is 0 Å². The van der Waals surface area contributed by atoms with Gasteiger partial charge >= 0.3 is 0 Å². The van der Waals surface area contributed by atoms with Gasteiger partial charge in [0.25, 0.3) is 0 Å². The van der Waals surface area contributed by atoms with Crippen molar-refractivity contribution in [3.63, 3.8) is 0 Å². The third kappa shape index (κ3) is 1.62. The SMILES string of the molecule is Cc1c(C(C)C)c(Cl)n2c(nc3ccccc32)c1C#N. The molecule has 0 spiro atoms. The van der Waals surface area contributed by atoms with Crippen LogP contribution in [0.5, 0.6) is 0 Å². The molecular weight excluding hydrogens is 270 g/mol. The van der Waals surface area contributed by atoms with E-state index in [4.69, 9.17) is 11.6 Å². The molecule has 3 rings (SSSR count). The Balaban J connectivity index is 2.63. The van der Waals surface area contributed by atoms with Gasteiger partial charge in [0.05, 0.1) is 16.6 Å². The van der Waals surface area contributed by atoms with E-state index in [1.54, 1.807) is 0 Å². The van der Waals surface area contributed by atoms with Crippen molar-refractivity contribution < 1.29 is 0 Å². The Morgan fingerprint density at radius 3 is 2.65 bits per heavy atom. The molecule has 0 aliphatic heterocycles. The Morgan fingerprint density at radius 2 is 2.00 bits per heavy atom. The van der Waals surface area contributed by atoms with Gasteiger partial charge < -0.3 is 0 Å². The molecule has 2 heterocycles. The van der Waals surface area contributed by atoms with Crippen LogP contribution in [0.4, 0.5) is 0 Å². The molecule has 0 fully saturated rings. The fourth-order valence-electron chi connectivity index (χ4n) is 2.78. The highest BCUT2D eigenvalue weighted by Crippen LogP contribution is 2.34. The van der Waals surface area contributed by atoms with E-state index in [0.717, 1.165) is 22.2 Å². The minimum absolute atomic E-state index is 0.250. The zero-order chi connectivity index (χ0) is 14.4. The number of pyridine rings is 1. The van der Waals surface area contributed by atoms with Crippen molar-refractivity contribution in [3.05, 3.63) is 46.1 Å². The van der Waals surface area contributed by atoms with Crippen molar-refractivity contribution in [3.8, 4) is 6.07 Å². The van der Waals surface area contributed by atoms with Gasteiger partial charge in [-0.1, -0.05) is 37.6 Å². The van der Waals surface area contributed by atoms with Gasteiger partial charge in [-0.25, -0.2) is 4.98 Å². The molecule has 20 heavy (non-hydrogen) atoms. The van der Waals surface area contributed by atoms with Crippen LogP contribution in [0.3, 0.4) is 0 Å². The third-order valence-electron chi connectivity index (χ3n) is 3.67. The summed E-state index contributed by atoms with van der Waals surface area (Å²) in [5, 5.41) is 10.1. The summed E-state index contributed by atoms with van der Waals surface area (Å²) in [4.78, 5) is 4.56. The summed E-state index contributed by atoms with van der Waals surface area (Å²) in [6, 6.07) is 10.1. The molecular formula is C16H14ClN3. The predicted octanol–water partition coefficient (Wildman–Crippen LogP) is 4.44. The maximum atomic E-state index is 9.49. The first-order valence-electron chi connectivity index (χ1n) is 6.55. The Labute approximate surface area is 122 Å². The number of aromatic nitrogens is 2. The molecule has 4 heteroatoms. The number of halogens is 1. The highest BCUT2D eigenvalue weighted by atomic mass is 35.5. The molecule has 1 aromatic carbocycles. The molecule has 2 aromatic heterocycles. The van der Waals surface area contributed by atoms with Gasteiger partial charge in [0, 0.05) is 0 Å². The Bertz CT molecular complexity index is 869. The number of nitriles is 1. The summed E-state index contributed by atoms with van der Waals surface area (Å²) in [6.07, 6.45) is 0. The number of fused-ring (bicyclic) bond motifs is 3. The van der Waals surface area contributed by atoms with E-state index in [1.807, 2.05) is 35.6 Å². The zero-order valence-electron chi connectivity index (χ0n) is 11.6. The third-order valence-corrected chi connectivity index (χ3v) is 4.04. The smallest absolute Gasteiger partial charge is 0.157 e. The van der Waals surface area contributed by atoms with E-state index in [9.17, 15) is 5.26 Å². The van der Waals surface area contributed by atoms with Crippen LogP contribution in [0.25, 0.3) is 16.7 Å². The first-order chi connectivity index (χ1) is 9.56. The van der Waals surface area contributed by atoms with Crippen LogP contribution in [-0.4, -0.2) is 9.38 Å². The molecule has 0 N–H and O–H groups in total. The van der Waals surface area contributed by atoms with Gasteiger partial charge in [0.15, 0.2) is 5.65 Å². The van der Waals surface area contributed by atoms with Crippen LogP contribution in [0, 0.1) is 18.3 Å². The zero-order valence-corrected chi connectivity index (χ0v) is 12.4. The summed E-state index contributed by atoms with van der Waals surface area (Å²) >= 11 is 6.60. The van der Waals surface area contributed by atoms with Crippen LogP contribution in [0.1, 0.15) is 36.5 Å². The summed E-state index contributed by atoms with van der Waals surface area (Å²) < 4.78 is 1.89. The number of imidazole rings is 1. The number of para-hydroxylation sites is 2. The average molecular weight is 284 g/mol. The molecule has 3 aromatic rings. The largest absolute Gasteiger partial charge is 0.281 e. The van der Waals surface area contributed by atoms with Crippen LogP contribution >= 0.6 is 11.6 Å². The summed E-state index contributed by atoms with van der Waals surface area (Å²) in [7, 11) is 0. The van der Waals surface area contributed by atoms with Gasteiger partial charge in [0.1, 0.15) is 11.2 Å². The van der Waals surface area contributed by atoms with E-state index < -0.39 is 0 Å². The summed E-state index contributed by atoms with van der Waals surface area (Å²) in [6.45, 7) is 6.11. The van der Waals surface area contributed by atoms with Crippen LogP contribution in [0.2, 0.25) is 5.15 Å². The Hall–Kier alpha value is -2.05. The lowest BCUT2D eigenvalue weighted by Gasteiger charge is -2.15. The van der Waals surface area contributed by atoms with E-state index in [2.05, 4.69) is 24.9 Å². The lowest BCUT2D eigenvalue weighted by atomic mass is 9.97. The highest BCUT2D eigenvalue weighted by molar-refractivity contribution is 6.31. The normalized spacial score (nSPS) is 11.4. The topological polar surface area (TPSA) is 41.1 Å². The first-order valence-corrected chi connectivity index (χ1v) is 6.93. The van der Waals surface area contributed by atoms with Crippen LogP contribution in [0.15, 0.2) is 24.3 Å². The minimum atomic E-state index is 0.250. The molecule has 100 valence electrons. The van der Waals surface area contributed by atoms with Gasteiger partial charge in [0.2, 0.25) is 0 Å². The molecule has 0 atom stereocenters. The molecule has 0 aliphatic carbocycles. The number of hydrogen-bond acceptors (Lipinski definition) is 2. The molecule has 3 nitrogen and oxygen atoms in total. The fourth-order valence-corrected chi connectivity index (χ4v) is 3.31. The first kappa shape index (κ1) is 13.0. The molecule has 0 saturated carbocycles. The van der Waals surface area contributed by atoms with Crippen molar-refractivity contribution in [1.82, 2.24) is 9.38 Å². The van der Waals surface area contributed by atoms with Gasteiger partial charge in [-0.05, 0) is 36.1 Å². The van der Waals surface area contributed by atoms with Crippen molar-refractivity contribution >= 4 is 28.3 Å². The molecule has 0 radical (unpaired) electrons. The average Bonchev–Trinajstić information content (AvgIpc) is 2.78. The summed E-state index contributed by atoms with van der Waals surface area (Å²) in [5.41, 5.74) is 4.97. The fraction of sp³-hybridized carbons (Fsp3) is 0.250. The van der Waals surface area contributed by atoms with Crippen molar-refractivity contribution in [2.24, 2.45) is 0 Å². The second kappa shape index (κ2) is 4.50. The second-order valence-corrected chi connectivity index (χ2v) is 5.59. The van der Waals surface area contributed by atoms with Crippen LogP contribution < -0.4 is 0 Å². The van der Waals surface area contributed by atoms with Crippen molar-refractivity contribution in [1.29, 1.82) is 5.26 Å². The second-order valence-electron chi connectivity index (χ2n) is 5.23. The quantitative estimate of drug-likeness (QED) is 0.619. The molecule has 0 unspecified atom stereocenters. The van der Waals surface area contributed by atoms with E-state index in [0.29, 0.717) is 16.4 Å². The monoisotopic (exact) mass is 283 g/mol. The van der Waals surface area contributed by atoms with E-state index in [1.165, 1.54) is 0 Å². The predicted molar refractivity (Wildman–Crippen MR) is 81.2 cm³/mol. The minimum Gasteiger partial charge on any atom is -0.281 e. The highest BCUT2D eigenvalue weighted by Gasteiger charge is 2.20. The maximum Gasteiger partial charge on any atom is 0.157 e. The maximum absolute atomic E-state index is 9.49. The Kier molecular flexibility index (Phi) is 2.92. The van der Waals surface area contributed by atoms with Crippen molar-refractivity contribution in [2.45, 2.75) is 26.7 Å². The van der Waals surface area contributed by atoms with Gasteiger partial charge in [-0.15, -0.1) is 0 Å². The molecule has 0 aliphatic rings. The number of hydrogen-bond donors (Lipinski definition) is 0. The lowest BCUT2D eigenvalue weighted by molar-refractivity contribution is 0.844.